The highest BCUT2D eigenvalue weighted by Crippen LogP contribution is 2.47. The van der Waals surface area contributed by atoms with Gasteiger partial charge in [-0.2, -0.15) is 0 Å². The van der Waals surface area contributed by atoms with E-state index < -0.39 is 16.8 Å². The van der Waals surface area contributed by atoms with Crippen LogP contribution in [0.2, 0.25) is 0 Å². The van der Waals surface area contributed by atoms with Gasteiger partial charge in [-0.25, -0.2) is 0 Å². The Morgan fingerprint density at radius 3 is 2.39 bits per heavy atom. The van der Waals surface area contributed by atoms with Crippen molar-refractivity contribution in [2.75, 3.05) is 13.2 Å². The third-order valence-corrected chi connectivity index (χ3v) is 9.12. The molecule has 2 fully saturated rings. The van der Waals surface area contributed by atoms with Gasteiger partial charge in [0.25, 0.3) is 0 Å². The van der Waals surface area contributed by atoms with E-state index in [1.807, 2.05) is 31.2 Å². The first-order valence-corrected chi connectivity index (χ1v) is 14.5. The number of aliphatic hydroxyl groups excluding tert-OH is 1. The third-order valence-electron chi connectivity index (χ3n) is 7.84. The van der Waals surface area contributed by atoms with Crippen LogP contribution in [0.3, 0.4) is 0 Å². The highest BCUT2D eigenvalue weighted by Gasteiger charge is 2.52. The van der Waals surface area contributed by atoms with Crippen LogP contribution >= 0.6 is 11.8 Å². The number of rotatable bonds is 9. The molecule has 2 aliphatic rings. The molecule has 206 valence electrons. The number of thioether (sulfide) groups is 1. The Balaban J connectivity index is 1.57. The van der Waals surface area contributed by atoms with Crippen LogP contribution in [-0.4, -0.2) is 46.0 Å². The summed E-state index contributed by atoms with van der Waals surface area (Å²) in [5.74, 6) is 0.592. The summed E-state index contributed by atoms with van der Waals surface area (Å²) in [5.41, 5.74) is 1.91. The number of hydrogen-bond acceptors (Lipinski definition) is 7. The number of carbonyl (C=O) groups excluding carboxylic acids is 2. The SMILES string of the molecule is Cc1cc(SC2C(=O)CC(CCc3ccc(O)cc3)(C3CCCC3)OC2=O)c(C(C)(C)C)cc1OCCO. The smallest absolute Gasteiger partial charge is 0.327 e. The Morgan fingerprint density at radius 1 is 1.11 bits per heavy atom. The second-order valence-corrected chi connectivity index (χ2v) is 12.9. The fourth-order valence-electron chi connectivity index (χ4n) is 5.75. The van der Waals surface area contributed by atoms with Gasteiger partial charge in [0.1, 0.15) is 23.7 Å². The quantitative estimate of drug-likeness (QED) is 0.302. The fraction of sp³-hybridized carbons (Fsp3) is 0.548. The summed E-state index contributed by atoms with van der Waals surface area (Å²) in [4.78, 5) is 28.1. The lowest BCUT2D eigenvalue weighted by atomic mass is 9.76. The number of hydrogen-bond donors (Lipinski definition) is 2. The number of Topliss-reactive ketones (excluding diaryl/α,β-unsaturated/α-hetero) is 1. The summed E-state index contributed by atoms with van der Waals surface area (Å²) in [6, 6.07) is 11.0. The Labute approximate surface area is 230 Å². The summed E-state index contributed by atoms with van der Waals surface area (Å²) in [6.45, 7) is 8.34. The fourth-order valence-corrected chi connectivity index (χ4v) is 7.10. The maximum absolute atomic E-state index is 13.7. The number of esters is 1. The van der Waals surface area contributed by atoms with Crippen molar-refractivity contribution in [2.45, 2.75) is 93.8 Å². The van der Waals surface area contributed by atoms with Crippen molar-refractivity contribution >= 4 is 23.5 Å². The molecular formula is C31H40O6S. The van der Waals surface area contributed by atoms with Crippen molar-refractivity contribution in [3.63, 3.8) is 0 Å². The molecule has 1 saturated carbocycles. The number of carbonyl (C=O) groups is 2. The van der Waals surface area contributed by atoms with Crippen LogP contribution in [0.4, 0.5) is 0 Å². The number of benzene rings is 2. The van der Waals surface area contributed by atoms with Gasteiger partial charge in [-0.3, -0.25) is 9.59 Å². The summed E-state index contributed by atoms with van der Waals surface area (Å²) in [5, 5.41) is 17.9. The Kier molecular flexibility index (Phi) is 8.78. The van der Waals surface area contributed by atoms with Gasteiger partial charge >= 0.3 is 5.97 Å². The molecule has 1 aliphatic heterocycles. The molecule has 4 rings (SSSR count). The van der Waals surface area contributed by atoms with Crippen molar-refractivity contribution < 1.29 is 29.3 Å². The lowest BCUT2D eigenvalue weighted by Crippen LogP contribution is -2.53. The van der Waals surface area contributed by atoms with Crippen molar-refractivity contribution in [3.8, 4) is 11.5 Å². The number of aryl methyl sites for hydroxylation is 2. The molecule has 2 aromatic rings. The average molecular weight is 541 g/mol. The van der Waals surface area contributed by atoms with Gasteiger partial charge in [-0.15, -0.1) is 11.8 Å². The normalized spacial score (nSPS) is 22.5. The number of ether oxygens (including phenoxy) is 2. The zero-order valence-electron chi connectivity index (χ0n) is 22.9. The first-order valence-electron chi connectivity index (χ1n) is 13.6. The zero-order valence-corrected chi connectivity index (χ0v) is 23.7. The van der Waals surface area contributed by atoms with Crippen LogP contribution in [-0.2, 0) is 26.2 Å². The van der Waals surface area contributed by atoms with E-state index in [4.69, 9.17) is 9.47 Å². The molecule has 2 N–H and O–H groups in total. The topological polar surface area (TPSA) is 93.1 Å². The Hall–Kier alpha value is -2.51. The minimum absolute atomic E-state index is 0.0676. The maximum atomic E-state index is 13.7. The molecule has 7 heteroatoms. The first-order chi connectivity index (χ1) is 18.0. The van der Waals surface area contributed by atoms with Crippen LogP contribution in [0.25, 0.3) is 0 Å². The number of cyclic esters (lactones) is 1. The minimum Gasteiger partial charge on any atom is -0.508 e. The molecule has 0 radical (unpaired) electrons. The molecule has 2 atom stereocenters. The zero-order chi connectivity index (χ0) is 27.5. The van der Waals surface area contributed by atoms with Crippen molar-refractivity contribution in [3.05, 3.63) is 53.1 Å². The van der Waals surface area contributed by atoms with Gasteiger partial charge in [0.05, 0.1) is 6.61 Å². The van der Waals surface area contributed by atoms with Gasteiger partial charge < -0.3 is 19.7 Å². The Morgan fingerprint density at radius 2 is 1.79 bits per heavy atom. The second kappa shape index (κ2) is 11.7. The molecule has 6 nitrogen and oxygen atoms in total. The number of ketones is 1. The van der Waals surface area contributed by atoms with Crippen molar-refractivity contribution in [2.24, 2.45) is 5.92 Å². The molecule has 0 bridgehead atoms. The lowest BCUT2D eigenvalue weighted by molar-refractivity contribution is -0.177. The van der Waals surface area contributed by atoms with E-state index in [0.29, 0.717) is 18.6 Å². The molecule has 1 aliphatic carbocycles. The van der Waals surface area contributed by atoms with Crippen LogP contribution in [0.5, 0.6) is 11.5 Å². The minimum atomic E-state index is -0.900. The summed E-state index contributed by atoms with van der Waals surface area (Å²) in [7, 11) is 0. The molecular weight excluding hydrogens is 500 g/mol. The van der Waals surface area contributed by atoms with Gasteiger partial charge in [0.15, 0.2) is 11.0 Å². The van der Waals surface area contributed by atoms with E-state index in [2.05, 4.69) is 20.8 Å². The average Bonchev–Trinajstić information content (AvgIpc) is 3.40. The lowest BCUT2D eigenvalue weighted by Gasteiger charge is -2.43. The van der Waals surface area contributed by atoms with Crippen LogP contribution in [0.1, 0.15) is 76.0 Å². The van der Waals surface area contributed by atoms with Crippen LogP contribution in [0.15, 0.2) is 41.3 Å². The molecule has 0 spiro atoms. The Bertz CT molecular complexity index is 1130. The number of phenolic OH excluding ortho intramolecular Hbond substituents is 1. The van der Waals surface area contributed by atoms with Gasteiger partial charge in [0.2, 0.25) is 0 Å². The van der Waals surface area contributed by atoms with E-state index in [-0.39, 0.29) is 42.5 Å². The summed E-state index contributed by atoms with van der Waals surface area (Å²) < 4.78 is 12.0. The molecule has 1 saturated heterocycles. The second-order valence-electron chi connectivity index (χ2n) is 11.7. The third kappa shape index (κ3) is 6.37. The van der Waals surface area contributed by atoms with Crippen molar-refractivity contribution in [1.29, 1.82) is 0 Å². The molecule has 38 heavy (non-hydrogen) atoms. The molecule has 2 aromatic carbocycles. The van der Waals surface area contributed by atoms with E-state index >= 15 is 0 Å². The van der Waals surface area contributed by atoms with Crippen LogP contribution in [0, 0.1) is 12.8 Å². The summed E-state index contributed by atoms with van der Waals surface area (Å²) in [6.07, 6.45) is 5.63. The molecule has 1 heterocycles. The van der Waals surface area contributed by atoms with Gasteiger partial charge in [0, 0.05) is 11.3 Å². The molecule has 0 amide bonds. The summed E-state index contributed by atoms with van der Waals surface area (Å²) >= 11 is 1.28. The monoisotopic (exact) mass is 540 g/mol. The molecule has 0 aromatic heterocycles. The van der Waals surface area contributed by atoms with E-state index in [1.54, 1.807) is 12.1 Å². The maximum Gasteiger partial charge on any atom is 0.327 e. The van der Waals surface area contributed by atoms with Crippen molar-refractivity contribution in [1.82, 2.24) is 0 Å². The number of phenols is 1. The largest absolute Gasteiger partial charge is 0.508 e. The van der Waals surface area contributed by atoms with Crippen LogP contribution < -0.4 is 4.74 Å². The number of aromatic hydroxyl groups is 1. The first kappa shape index (κ1) is 28.5. The highest BCUT2D eigenvalue weighted by atomic mass is 32.2. The highest BCUT2D eigenvalue weighted by molar-refractivity contribution is 8.01. The van der Waals surface area contributed by atoms with E-state index in [9.17, 15) is 19.8 Å². The van der Waals surface area contributed by atoms with E-state index in [1.165, 1.54) is 11.8 Å². The van der Waals surface area contributed by atoms with E-state index in [0.717, 1.165) is 47.3 Å². The number of aliphatic hydroxyl groups is 1. The predicted molar refractivity (Wildman–Crippen MR) is 149 cm³/mol. The molecule has 2 unspecified atom stereocenters. The van der Waals surface area contributed by atoms with Gasteiger partial charge in [-0.05, 0) is 84.9 Å². The van der Waals surface area contributed by atoms with Gasteiger partial charge in [-0.1, -0.05) is 45.7 Å². The predicted octanol–water partition coefficient (Wildman–Crippen LogP) is 5.91. The standard InChI is InChI=1S/C31H40O6S/c1-20-17-27(24(30(2,3)4)18-26(20)36-16-15-32)38-28-25(34)19-31(37-29(28)35,22-7-5-6-8-22)14-13-21-9-11-23(33)12-10-21/h9-12,17-18,22,28,32-33H,5-8,13-16,19H2,1-4H3.